The number of allylic oxidation sites excluding steroid dienone is 3. The highest BCUT2D eigenvalue weighted by atomic mass is 32.2. The van der Waals surface area contributed by atoms with Crippen molar-refractivity contribution in [3.8, 4) is 11.8 Å². The molecule has 9 nitrogen and oxygen atoms in total. The number of benzene rings is 2. The lowest BCUT2D eigenvalue weighted by Gasteiger charge is -2.38. The highest BCUT2D eigenvalue weighted by Gasteiger charge is 2.41. The number of carbonyl (C=O) groups excluding carboxylic acids is 2. The lowest BCUT2D eigenvalue weighted by molar-refractivity contribution is -0.116. The van der Waals surface area contributed by atoms with E-state index in [1.54, 1.807) is 12.0 Å². The molecule has 1 amide bonds. The van der Waals surface area contributed by atoms with E-state index in [-0.39, 0.29) is 28.8 Å². The van der Waals surface area contributed by atoms with Crippen molar-refractivity contribution in [1.82, 2.24) is 10.2 Å². The molecule has 0 radical (unpaired) electrons. The number of hydrogen-bond acceptors (Lipinski definition) is 10. The van der Waals surface area contributed by atoms with E-state index in [9.17, 15) is 14.9 Å². The Labute approximate surface area is 234 Å². The van der Waals surface area contributed by atoms with Gasteiger partial charge < -0.3 is 15.8 Å². The van der Waals surface area contributed by atoms with Crippen LogP contribution in [0.1, 0.15) is 36.3 Å². The number of nitrogens with one attached hydrogen (secondary N) is 1. The summed E-state index contributed by atoms with van der Waals surface area (Å²) in [4.78, 5) is 27.4. The Morgan fingerprint density at radius 2 is 2.05 bits per heavy atom. The van der Waals surface area contributed by atoms with Crippen molar-refractivity contribution in [1.29, 1.82) is 5.26 Å². The van der Waals surface area contributed by atoms with Crippen LogP contribution in [0.3, 0.4) is 0 Å². The number of hydrogen-bond donors (Lipinski definition) is 2. The van der Waals surface area contributed by atoms with Gasteiger partial charge >= 0.3 is 0 Å². The molecule has 3 N–H and O–H groups in total. The molecular formula is C28H26N6O3S2. The first-order valence-electron chi connectivity index (χ1n) is 12.3. The second-order valence-corrected chi connectivity index (χ2v) is 11.3. The molecule has 0 bridgehead atoms. The van der Waals surface area contributed by atoms with Gasteiger partial charge in [0, 0.05) is 23.4 Å². The zero-order valence-corrected chi connectivity index (χ0v) is 23.1. The van der Waals surface area contributed by atoms with E-state index >= 15 is 0 Å². The third-order valence-corrected chi connectivity index (χ3v) is 8.63. The molecule has 1 aromatic heterocycles. The Morgan fingerprint density at radius 1 is 1.26 bits per heavy atom. The van der Waals surface area contributed by atoms with Gasteiger partial charge in [0.25, 0.3) is 0 Å². The molecule has 11 heteroatoms. The van der Waals surface area contributed by atoms with E-state index in [4.69, 9.17) is 10.5 Å². The number of ketones is 1. The summed E-state index contributed by atoms with van der Waals surface area (Å²) in [5, 5.41) is 22.1. The molecule has 2 aromatic carbocycles. The first kappa shape index (κ1) is 26.5. The zero-order chi connectivity index (χ0) is 27.5. The van der Waals surface area contributed by atoms with Crippen molar-refractivity contribution in [3.05, 3.63) is 82.3 Å². The van der Waals surface area contributed by atoms with E-state index in [0.29, 0.717) is 40.1 Å². The number of rotatable bonds is 7. The molecule has 0 spiro atoms. The largest absolute Gasteiger partial charge is 0.497 e. The summed E-state index contributed by atoms with van der Waals surface area (Å²) in [6.45, 7) is 1.99. The number of amides is 1. The molecular weight excluding hydrogens is 532 g/mol. The van der Waals surface area contributed by atoms with Crippen LogP contribution >= 0.6 is 23.1 Å². The number of thioether (sulfide) groups is 1. The minimum Gasteiger partial charge on any atom is -0.497 e. The highest BCUT2D eigenvalue weighted by Crippen LogP contribution is 2.47. The van der Waals surface area contributed by atoms with Crippen molar-refractivity contribution >= 4 is 45.6 Å². The fourth-order valence-corrected chi connectivity index (χ4v) is 6.45. The van der Waals surface area contributed by atoms with Crippen LogP contribution in [0.4, 0.5) is 10.8 Å². The molecule has 0 saturated heterocycles. The summed E-state index contributed by atoms with van der Waals surface area (Å²) in [5.41, 5.74) is 10.8. The first-order valence-corrected chi connectivity index (χ1v) is 14.1. The Hall–Kier alpha value is -4.14. The van der Waals surface area contributed by atoms with Gasteiger partial charge in [0.15, 0.2) is 10.1 Å². The number of aromatic nitrogens is 2. The molecule has 0 fully saturated rings. The van der Waals surface area contributed by atoms with Gasteiger partial charge in [-0.25, -0.2) is 0 Å². The van der Waals surface area contributed by atoms with Crippen molar-refractivity contribution in [2.75, 3.05) is 23.1 Å². The second-order valence-electron chi connectivity index (χ2n) is 9.15. The number of ether oxygens (including phenoxy) is 1. The fraction of sp³-hybridized carbons (Fsp3) is 0.250. The first-order chi connectivity index (χ1) is 18.9. The second kappa shape index (κ2) is 11.3. The number of methoxy groups -OCH3 is 1. The lowest BCUT2D eigenvalue weighted by atomic mass is 9.76. The quantitative estimate of drug-likeness (QED) is 0.389. The summed E-state index contributed by atoms with van der Waals surface area (Å²) < 4.78 is 5.96. The van der Waals surface area contributed by atoms with Crippen molar-refractivity contribution in [2.24, 2.45) is 5.73 Å². The lowest BCUT2D eigenvalue weighted by Crippen LogP contribution is -2.38. The predicted octanol–water partition coefficient (Wildman–Crippen LogP) is 4.89. The van der Waals surface area contributed by atoms with Crippen LogP contribution in [-0.2, 0) is 9.59 Å². The molecule has 1 atom stereocenters. The topological polar surface area (TPSA) is 134 Å². The number of nitrogens with two attached hydrogens (primary N) is 1. The van der Waals surface area contributed by atoms with Gasteiger partial charge in [-0.2, -0.15) is 5.26 Å². The predicted molar refractivity (Wildman–Crippen MR) is 151 cm³/mol. The molecule has 5 rings (SSSR count). The summed E-state index contributed by atoms with van der Waals surface area (Å²) in [6, 6.07) is 17.2. The number of Topliss-reactive ketones (excluding diaryl/α,β-unsaturated/α-hetero) is 1. The number of anilines is 2. The molecule has 1 aliphatic heterocycles. The molecule has 1 unspecified atom stereocenters. The van der Waals surface area contributed by atoms with Gasteiger partial charge in [0.1, 0.15) is 11.6 Å². The molecule has 1 aliphatic carbocycles. The maximum atomic E-state index is 13.3. The maximum Gasteiger partial charge on any atom is 0.234 e. The standard InChI is InChI=1S/C28H26N6O3S2/c1-16-9-11-18(12-10-16)31-23(36)15-38-28-33-32-27(39-28)34-21-7-4-8-22(35)25(21)24(20(14-29)26(34)30)17-5-3-6-19(13-17)37-2/h3,5-6,9-13,24H,4,7-8,15,30H2,1-2H3,(H,31,36). The zero-order valence-electron chi connectivity index (χ0n) is 21.4. The monoisotopic (exact) mass is 558 g/mol. The Bertz CT molecular complexity index is 1540. The Balaban J connectivity index is 1.42. The fourth-order valence-electron chi connectivity index (χ4n) is 4.77. The summed E-state index contributed by atoms with van der Waals surface area (Å²) >= 11 is 2.53. The van der Waals surface area contributed by atoms with E-state index in [1.807, 2.05) is 55.5 Å². The van der Waals surface area contributed by atoms with Crippen LogP contribution in [0.2, 0.25) is 0 Å². The van der Waals surface area contributed by atoms with E-state index in [1.165, 1.54) is 23.1 Å². The Kier molecular flexibility index (Phi) is 7.67. The Morgan fingerprint density at radius 3 is 2.79 bits per heavy atom. The van der Waals surface area contributed by atoms with Crippen molar-refractivity contribution in [2.45, 2.75) is 36.4 Å². The van der Waals surface area contributed by atoms with Crippen LogP contribution in [-0.4, -0.2) is 34.8 Å². The van der Waals surface area contributed by atoms with Gasteiger partial charge in [-0.15, -0.1) is 10.2 Å². The molecule has 2 aliphatic rings. The number of nitrogens with zero attached hydrogens (tertiary/aromatic N) is 4. The van der Waals surface area contributed by atoms with Crippen LogP contribution in [0.5, 0.6) is 5.75 Å². The average Bonchev–Trinajstić information content (AvgIpc) is 3.41. The molecule has 0 saturated carbocycles. The van der Waals surface area contributed by atoms with E-state index in [2.05, 4.69) is 21.6 Å². The van der Waals surface area contributed by atoms with E-state index < -0.39 is 5.92 Å². The van der Waals surface area contributed by atoms with Gasteiger partial charge in [0.2, 0.25) is 11.0 Å². The number of nitriles is 1. The van der Waals surface area contributed by atoms with Crippen molar-refractivity contribution in [3.63, 3.8) is 0 Å². The number of carbonyl (C=O) groups is 2. The minimum absolute atomic E-state index is 0.0128. The molecule has 198 valence electrons. The van der Waals surface area contributed by atoms with Crippen LogP contribution < -0.4 is 20.7 Å². The third-order valence-electron chi connectivity index (χ3n) is 6.59. The molecule has 3 aromatic rings. The summed E-state index contributed by atoms with van der Waals surface area (Å²) in [7, 11) is 1.57. The van der Waals surface area contributed by atoms with Gasteiger partial charge in [0.05, 0.1) is 30.4 Å². The van der Waals surface area contributed by atoms with E-state index in [0.717, 1.165) is 22.5 Å². The smallest absolute Gasteiger partial charge is 0.234 e. The van der Waals surface area contributed by atoms with Gasteiger partial charge in [-0.05, 0) is 49.6 Å². The van der Waals surface area contributed by atoms with Gasteiger partial charge in [-0.1, -0.05) is 52.9 Å². The molecule has 39 heavy (non-hydrogen) atoms. The SMILES string of the molecule is COc1cccc(C2C(C#N)=C(N)N(c3nnc(SCC(=O)Nc4ccc(C)cc4)s3)C3=C2C(=O)CCC3)c1. The summed E-state index contributed by atoms with van der Waals surface area (Å²) in [6.07, 6.45) is 1.69. The maximum absolute atomic E-state index is 13.3. The van der Waals surface area contributed by atoms with Crippen LogP contribution in [0.25, 0.3) is 0 Å². The number of aryl methyl sites for hydroxylation is 1. The summed E-state index contributed by atoms with van der Waals surface area (Å²) in [5.74, 6) is 0.255. The van der Waals surface area contributed by atoms with Crippen molar-refractivity contribution < 1.29 is 14.3 Å². The average molecular weight is 559 g/mol. The highest BCUT2D eigenvalue weighted by molar-refractivity contribution is 8.01. The molecule has 2 heterocycles. The van der Waals surface area contributed by atoms with Gasteiger partial charge in [-0.3, -0.25) is 14.5 Å². The van der Waals surface area contributed by atoms with Crippen LogP contribution in [0, 0.1) is 18.3 Å². The normalized spacial score (nSPS) is 17.1. The van der Waals surface area contributed by atoms with Crippen LogP contribution in [0.15, 0.2) is 75.5 Å². The third kappa shape index (κ3) is 5.39. The minimum atomic E-state index is -0.587.